The quantitative estimate of drug-likeness (QED) is 0.489. The minimum absolute atomic E-state index is 0.0875. The maximum absolute atomic E-state index is 11.3. The normalized spacial score (nSPS) is 12.8. The van der Waals surface area contributed by atoms with Crippen LogP contribution in [0.1, 0.15) is 13.8 Å². The van der Waals surface area contributed by atoms with Crippen LogP contribution in [0.2, 0.25) is 0 Å². The first-order valence-corrected chi connectivity index (χ1v) is 5.57. The molecule has 1 amide bonds. The Morgan fingerprint density at radius 3 is 2.31 bits per heavy atom. The molecule has 0 spiro atoms. The third-order valence-corrected chi connectivity index (χ3v) is 2.18. The maximum atomic E-state index is 11.3. The van der Waals surface area contributed by atoms with Gasteiger partial charge in [0.1, 0.15) is 0 Å². The summed E-state index contributed by atoms with van der Waals surface area (Å²) in [6, 6.07) is -0.665. The van der Waals surface area contributed by atoms with Crippen LogP contribution in [0.15, 0.2) is 12.2 Å². The first-order chi connectivity index (χ1) is 7.20. The minimum atomic E-state index is -2.07. The topological polar surface area (TPSA) is 55.4 Å². The van der Waals surface area contributed by atoms with Crippen molar-refractivity contribution in [2.75, 3.05) is 6.61 Å². The zero-order valence-corrected chi connectivity index (χ0v) is 11.1. The number of rotatable bonds is 4. The summed E-state index contributed by atoms with van der Waals surface area (Å²) in [5, 5.41) is 2.32. The number of carbonyl (C=O) groups excluding carboxylic acids is 2. The van der Waals surface area contributed by atoms with E-state index in [-0.39, 0.29) is 12.2 Å². The van der Waals surface area contributed by atoms with E-state index in [2.05, 4.69) is 11.9 Å². The molecule has 1 atom stereocenters. The molecule has 16 heavy (non-hydrogen) atoms. The monoisotopic (exact) mass is 287 g/mol. The highest BCUT2D eigenvalue weighted by molar-refractivity contribution is 6.76. The van der Waals surface area contributed by atoms with Crippen molar-refractivity contribution in [2.45, 2.75) is 23.7 Å². The molecular formula is C9H12Cl3NO3. The Kier molecular flexibility index (Phi) is 6.15. The zero-order valence-electron chi connectivity index (χ0n) is 8.85. The molecule has 1 unspecified atom stereocenters. The molecule has 0 aromatic rings. The molecule has 1 N–H and O–H groups in total. The molecule has 0 radical (unpaired) electrons. The van der Waals surface area contributed by atoms with Gasteiger partial charge < -0.3 is 10.1 Å². The Bertz CT molecular complexity index is 299. The summed E-state index contributed by atoms with van der Waals surface area (Å²) in [7, 11) is 0. The van der Waals surface area contributed by atoms with Gasteiger partial charge >= 0.3 is 5.97 Å². The van der Waals surface area contributed by atoms with Gasteiger partial charge in [0.05, 0.1) is 18.2 Å². The van der Waals surface area contributed by atoms with Gasteiger partial charge in [0.15, 0.2) is 0 Å². The van der Waals surface area contributed by atoms with Gasteiger partial charge in [-0.15, -0.1) is 0 Å². The van der Waals surface area contributed by atoms with Crippen molar-refractivity contribution in [3.05, 3.63) is 12.2 Å². The van der Waals surface area contributed by atoms with Crippen molar-refractivity contribution in [3.8, 4) is 0 Å². The lowest BCUT2D eigenvalue weighted by Gasteiger charge is -2.18. The SMILES string of the molecule is C=C(C(=O)OCC)C(C)NC(=O)C(Cl)(Cl)Cl. The number of amides is 1. The van der Waals surface area contributed by atoms with E-state index >= 15 is 0 Å². The van der Waals surface area contributed by atoms with E-state index in [4.69, 9.17) is 39.5 Å². The lowest BCUT2D eigenvalue weighted by atomic mass is 10.1. The molecule has 0 aromatic carbocycles. The van der Waals surface area contributed by atoms with Gasteiger partial charge in [0.2, 0.25) is 0 Å². The van der Waals surface area contributed by atoms with Crippen LogP contribution in [-0.2, 0) is 14.3 Å². The van der Waals surface area contributed by atoms with Crippen LogP contribution < -0.4 is 5.32 Å². The van der Waals surface area contributed by atoms with Gasteiger partial charge in [-0.25, -0.2) is 4.79 Å². The molecule has 0 aliphatic heterocycles. The summed E-state index contributed by atoms with van der Waals surface area (Å²) >= 11 is 16.0. The van der Waals surface area contributed by atoms with Crippen LogP contribution >= 0.6 is 34.8 Å². The summed E-state index contributed by atoms with van der Waals surface area (Å²) in [4.78, 5) is 22.5. The summed E-state index contributed by atoms with van der Waals surface area (Å²) in [6.07, 6.45) is 0. The molecule has 0 fully saturated rings. The van der Waals surface area contributed by atoms with Crippen LogP contribution in [0, 0.1) is 0 Å². The molecule has 0 heterocycles. The van der Waals surface area contributed by atoms with E-state index in [1.54, 1.807) is 6.92 Å². The molecule has 0 aliphatic carbocycles. The van der Waals surface area contributed by atoms with Crippen molar-refractivity contribution >= 4 is 46.7 Å². The second-order valence-electron chi connectivity index (χ2n) is 2.94. The minimum Gasteiger partial charge on any atom is -0.463 e. The van der Waals surface area contributed by atoms with Crippen molar-refractivity contribution in [2.24, 2.45) is 0 Å². The van der Waals surface area contributed by atoms with Gasteiger partial charge in [-0.05, 0) is 13.8 Å². The molecule has 0 aliphatic rings. The second-order valence-corrected chi connectivity index (χ2v) is 5.22. The Morgan fingerprint density at radius 2 is 1.94 bits per heavy atom. The number of hydrogen-bond donors (Lipinski definition) is 1. The number of esters is 1. The van der Waals surface area contributed by atoms with Crippen LogP contribution in [0.4, 0.5) is 0 Å². The van der Waals surface area contributed by atoms with E-state index in [1.807, 2.05) is 0 Å². The largest absolute Gasteiger partial charge is 0.463 e. The highest BCUT2D eigenvalue weighted by Crippen LogP contribution is 2.26. The molecular weight excluding hydrogens is 276 g/mol. The second kappa shape index (κ2) is 6.33. The molecule has 92 valence electrons. The van der Waals surface area contributed by atoms with E-state index in [0.29, 0.717) is 0 Å². The van der Waals surface area contributed by atoms with E-state index in [1.165, 1.54) is 6.92 Å². The zero-order chi connectivity index (χ0) is 12.9. The molecule has 7 heteroatoms. The van der Waals surface area contributed by atoms with Crippen molar-refractivity contribution in [3.63, 3.8) is 0 Å². The van der Waals surface area contributed by atoms with E-state index in [9.17, 15) is 9.59 Å². The summed E-state index contributed by atoms with van der Waals surface area (Å²) in [5.41, 5.74) is 0.0875. The van der Waals surface area contributed by atoms with Gasteiger partial charge in [0, 0.05) is 0 Å². The molecule has 0 rings (SSSR count). The Balaban J connectivity index is 4.37. The number of nitrogens with one attached hydrogen (secondary N) is 1. The Labute approximate surface area is 109 Å². The fraction of sp³-hybridized carbons (Fsp3) is 0.556. The molecule has 0 bridgehead atoms. The van der Waals surface area contributed by atoms with Gasteiger partial charge in [-0.3, -0.25) is 4.79 Å². The average Bonchev–Trinajstić information content (AvgIpc) is 2.15. The summed E-state index contributed by atoms with van der Waals surface area (Å²) in [5.74, 6) is -1.42. The fourth-order valence-corrected chi connectivity index (χ4v) is 0.930. The van der Waals surface area contributed by atoms with Crippen molar-refractivity contribution in [1.29, 1.82) is 0 Å². The number of alkyl halides is 3. The van der Waals surface area contributed by atoms with Gasteiger partial charge in [-0.1, -0.05) is 41.4 Å². The number of halogens is 3. The molecule has 0 aromatic heterocycles. The predicted molar refractivity (Wildman–Crippen MR) is 63.7 cm³/mol. The molecule has 0 saturated carbocycles. The van der Waals surface area contributed by atoms with E-state index in [0.717, 1.165) is 0 Å². The lowest BCUT2D eigenvalue weighted by Crippen LogP contribution is -2.42. The summed E-state index contributed by atoms with van der Waals surface area (Å²) in [6.45, 7) is 6.91. The van der Waals surface area contributed by atoms with Crippen LogP contribution in [-0.4, -0.2) is 28.3 Å². The van der Waals surface area contributed by atoms with Gasteiger partial charge in [-0.2, -0.15) is 0 Å². The number of ether oxygens (including phenoxy) is 1. The van der Waals surface area contributed by atoms with Crippen molar-refractivity contribution < 1.29 is 14.3 Å². The van der Waals surface area contributed by atoms with Crippen LogP contribution in [0.3, 0.4) is 0 Å². The van der Waals surface area contributed by atoms with Gasteiger partial charge in [0.25, 0.3) is 9.70 Å². The number of hydrogen-bond acceptors (Lipinski definition) is 3. The standard InChI is InChI=1S/C9H12Cl3NO3/c1-4-16-7(14)5(2)6(3)13-8(15)9(10,11)12/h6H,2,4H2,1,3H3,(H,13,15). The molecule has 4 nitrogen and oxygen atoms in total. The summed E-state index contributed by atoms with van der Waals surface area (Å²) < 4.78 is 2.64. The first-order valence-electron chi connectivity index (χ1n) is 4.43. The lowest BCUT2D eigenvalue weighted by molar-refractivity contribution is -0.138. The molecule has 0 saturated heterocycles. The van der Waals surface area contributed by atoms with Crippen molar-refractivity contribution in [1.82, 2.24) is 5.32 Å². The maximum Gasteiger partial charge on any atom is 0.335 e. The first kappa shape index (κ1) is 15.6. The smallest absolute Gasteiger partial charge is 0.335 e. The fourth-order valence-electron chi connectivity index (χ4n) is 0.766. The van der Waals surface area contributed by atoms with Crippen LogP contribution in [0.25, 0.3) is 0 Å². The average molecular weight is 289 g/mol. The Hall–Kier alpha value is -0.450. The third-order valence-electron chi connectivity index (χ3n) is 1.67. The van der Waals surface area contributed by atoms with Crippen LogP contribution in [0.5, 0.6) is 0 Å². The highest BCUT2D eigenvalue weighted by Gasteiger charge is 2.32. The highest BCUT2D eigenvalue weighted by atomic mass is 35.6. The predicted octanol–water partition coefficient (Wildman–Crippen LogP) is 1.98. The Morgan fingerprint density at radius 1 is 1.44 bits per heavy atom. The number of carbonyl (C=O) groups is 2. The van der Waals surface area contributed by atoms with E-state index < -0.39 is 21.7 Å². The third kappa shape index (κ3) is 5.05.